The average Bonchev–Trinajstić information content (AvgIpc) is 3.02. The molecule has 2 aromatic rings. The second-order valence-electron chi connectivity index (χ2n) is 5.62. The van der Waals surface area contributed by atoms with E-state index in [9.17, 15) is 0 Å². The highest BCUT2D eigenvalue weighted by atomic mass is 16.7. The van der Waals surface area contributed by atoms with Gasteiger partial charge in [0.1, 0.15) is 0 Å². The van der Waals surface area contributed by atoms with Crippen LogP contribution in [0.4, 0.5) is 5.95 Å². The first-order chi connectivity index (χ1) is 9.65. The number of aromatic amines is 1. The number of imidazole rings is 1. The van der Waals surface area contributed by atoms with Gasteiger partial charge in [-0.3, -0.25) is 0 Å². The Morgan fingerprint density at radius 3 is 2.85 bits per heavy atom. The van der Waals surface area contributed by atoms with E-state index in [4.69, 9.17) is 9.47 Å². The molecule has 5 heteroatoms. The third-order valence-electron chi connectivity index (χ3n) is 3.62. The van der Waals surface area contributed by atoms with Gasteiger partial charge in [-0.15, -0.1) is 0 Å². The zero-order chi connectivity index (χ0) is 14.0. The Labute approximate surface area is 118 Å². The summed E-state index contributed by atoms with van der Waals surface area (Å²) in [6, 6.07) is 8.02. The van der Waals surface area contributed by atoms with Crippen molar-refractivity contribution in [2.45, 2.75) is 26.1 Å². The highest BCUT2D eigenvalue weighted by Crippen LogP contribution is 2.26. The summed E-state index contributed by atoms with van der Waals surface area (Å²) in [4.78, 5) is 7.77. The Bertz CT molecular complexity index is 542. The summed E-state index contributed by atoms with van der Waals surface area (Å²) in [7, 11) is 0. The van der Waals surface area contributed by atoms with Gasteiger partial charge in [0, 0.05) is 13.0 Å². The number of H-pyrrole nitrogens is 1. The summed E-state index contributed by atoms with van der Waals surface area (Å²) < 4.78 is 11.3. The third kappa shape index (κ3) is 2.94. The molecule has 0 spiro atoms. The van der Waals surface area contributed by atoms with Crippen LogP contribution < -0.4 is 5.32 Å². The Hall–Kier alpha value is -1.59. The molecule has 2 N–H and O–H groups in total. The number of hydrogen-bond acceptors (Lipinski definition) is 4. The Balaban J connectivity index is 1.55. The smallest absolute Gasteiger partial charge is 0.201 e. The Morgan fingerprint density at radius 2 is 2.10 bits per heavy atom. The van der Waals surface area contributed by atoms with E-state index >= 15 is 0 Å². The molecule has 1 aromatic carbocycles. The van der Waals surface area contributed by atoms with E-state index in [2.05, 4.69) is 22.2 Å². The largest absolute Gasteiger partial charge is 0.356 e. The molecule has 0 bridgehead atoms. The van der Waals surface area contributed by atoms with Crippen LogP contribution in [0.2, 0.25) is 0 Å². The Kier molecular flexibility index (Phi) is 3.63. The van der Waals surface area contributed by atoms with E-state index in [-0.39, 0.29) is 0 Å². The number of nitrogens with one attached hydrogen (secondary N) is 2. The number of hydrogen-bond donors (Lipinski definition) is 2. The first-order valence-electron chi connectivity index (χ1n) is 7.11. The molecule has 0 aliphatic carbocycles. The van der Waals surface area contributed by atoms with Crippen LogP contribution in [-0.2, 0) is 9.47 Å². The highest BCUT2D eigenvalue weighted by Gasteiger charge is 2.32. The van der Waals surface area contributed by atoms with Gasteiger partial charge in [-0.1, -0.05) is 19.1 Å². The monoisotopic (exact) mass is 275 g/mol. The summed E-state index contributed by atoms with van der Waals surface area (Å²) in [5.41, 5.74) is 2.04. The molecule has 1 aliphatic heterocycles. The first-order valence-corrected chi connectivity index (χ1v) is 7.11. The van der Waals surface area contributed by atoms with Crippen LogP contribution in [0, 0.1) is 5.92 Å². The van der Waals surface area contributed by atoms with Crippen LogP contribution in [-0.4, -0.2) is 35.5 Å². The fourth-order valence-electron chi connectivity index (χ4n) is 2.69. The standard InChI is InChI=1S/C15H21N3O2/c1-11(9-15(2)19-7-8-20-15)10-16-14-17-12-5-3-4-6-13(12)18-14/h3-6,11H,7-10H2,1-2H3,(H2,16,17,18). The second kappa shape index (κ2) is 5.42. The van der Waals surface area contributed by atoms with Crippen LogP contribution in [0.5, 0.6) is 0 Å². The number of nitrogens with zero attached hydrogens (tertiary/aromatic N) is 1. The molecule has 20 heavy (non-hydrogen) atoms. The quantitative estimate of drug-likeness (QED) is 0.881. The van der Waals surface area contributed by atoms with Crippen LogP contribution >= 0.6 is 0 Å². The number of anilines is 1. The molecule has 1 unspecified atom stereocenters. The van der Waals surface area contributed by atoms with Crippen molar-refractivity contribution in [2.75, 3.05) is 25.1 Å². The van der Waals surface area contributed by atoms with Crippen LogP contribution in [0.25, 0.3) is 11.0 Å². The molecule has 3 rings (SSSR count). The van der Waals surface area contributed by atoms with Crippen LogP contribution in [0.1, 0.15) is 20.3 Å². The average molecular weight is 275 g/mol. The minimum Gasteiger partial charge on any atom is -0.356 e. The van der Waals surface area contributed by atoms with Gasteiger partial charge >= 0.3 is 0 Å². The number of rotatable bonds is 5. The van der Waals surface area contributed by atoms with Crippen molar-refractivity contribution in [3.8, 4) is 0 Å². The van der Waals surface area contributed by atoms with Crippen molar-refractivity contribution in [3.63, 3.8) is 0 Å². The van der Waals surface area contributed by atoms with Crippen molar-refractivity contribution in [1.82, 2.24) is 9.97 Å². The summed E-state index contributed by atoms with van der Waals surface area (Å²) in [5.74, 6) is 0.831. The van der Waals surface area contributed by atoms with Crippen molar-refractivity contribution < 1.29 is 9.47 Å². The van der Waals surface area contributed by atoms with Crippen molar-refractivity contribution >= 4 is 17.0 Å². The molecule has 0 radical (unpaired) electrons. The molecule has 0 saturated carbocycles. The van der Waals surface area contributed by atoms with Gasteiger partial charge in [-0.05, 0) is 25.0 Å². The topological polar surface area (TPSA) is 59.2 Å². The van der Waals surface area contributed by atoms with Crippen LogP contribution in [0.15, 0.2) is 24.3 Å². The van der Waals surface area contributed by atoms with Gasteiger partial charge in [0.15, 0.2) is 5.79 Å². The number of para-hydroxylation sites is 2. The third-order valence-corrected chi connectivity index (χ3v) is 3.62. The van der Waals surface area contributed by atoms with Gasteiger partial charge < -0.3 is 19.8 Å². The van der Waals surface area contributed by atoms with E-state index < -0.39 is 5.79 Å². The molecule has 5 nitrogen and oxygen atoms in total. The molecule has 1 aliphatic rings. The molecule has 1 aromatic heterocycles. The normalized spacial score (nSPS) is 19.3. The Morgan fingerprint density at radius 1 is 1.35 bits per heavy atom. The summed E-state index contributed by atoms with van der Waals surface area (Å²) >= 11 is 0. The summed E-state index contributed by atoms with van der Waals surface area (Å²) in [5, 5.41) is 3.35. The maximum absolute atomic E-state index is 5.64. The number of aromatic nitrogens is 2. The lowest BCUT2D eigenvalue weighted by Gasteiger charge is -2.25. The summed E-state index contributed by atoms with van der Waals surface area (Å²) in [6.45, 7) is 6.42. The number of ether oxygens (including phenoxy) is 2. The SMILES string of the molecule is CC(CNc1nc2ccccc2[nH]1)CC1(C)OCCO1. The highest BCUT2D eigenvalue weighted by molar-refractivity contribution is 5.77. The summed E-state index contributed by atoms with van der Waals surface area (Å²) in [6.07, 6.45) is 0.875. The van der Waals surface area contributed by atoms with Crippen molar-refractivity contribution in [1.29, 1.82) is 0 Å². The van der Waals surface area contributed by atoms with Crippen LogP contribution in [0.3, 0.4) is 0 Å². The maximum atomic E-state index is 5.64. The van der Waals surface area contributed by atoms with Gasteiger partial charge in [0.25, 0.3) is 0 Å². The molecular weight excluding hydrogens is 254 g/mol. The van der Waals surface area contributed by atoms with E-state index in [1.54, 1.807) is 0 Å². The van der Waals surface area contributed by atoms with E-state index in [0.29, 0.717) is 19.1 Å². The molecule has 108 valence electrons. The number of fused-ring (bicyclic) bond motifs is 1. The zero-order valence-corrected chi connectivity index (χ0v) is 12.0. The predicted octanol–water partition coefficient (Wildman–Crippen LogP) is 2.76. The maximum Gasteiger partial charge on any atom is 0.201 e. The van der Waals surface area contributed by atoms with Crippen molar-refractivity contribution in [2.24, 2.45) is 5.92 Å². The van der Waals surface area contributed by atoms with E-state index in [1.165, 1.54) is 0 Å². The molecule has 0 amide bonds. The molecule has 1 fully saturated rings. The first kappa shape index (κ1) is 13.4. The van der Waals surface area contributed by atoms with Gasteiger partial charge in [0.2, 0.25) is 5.95 Å². The van der Waals surface area contributed by atoms with Gasteiger partial charge in [0.05, 0.1) is 24.2 Å². The molecule has 2 heterocycles. The fourth-order valence-corrected chi connectivity index (χ4v) is 2.69. The molecule has 1 saturated heterocycles. The predicted molar refractivity (Wildman–Crippen MR) is 78.7 cm³/mol. The molecule has 1 atom stereocenters. The van der Waals surface area contributed by atoms with Gasteiger partial charge in [-0.25, -0.2) is 4.98 Å². The van der Waals surface area contributed by atoms with Crippen molar-refractivity contribution in [3.05, 3.63) is 24.3 Å². The van der Waals surface area contributed by atoms with E-state index in [0.717, 1.165) is 29.9 Å². The molecular formula is C15H21N3O2. The van der Waals surface area contributed by atoms with Gasteiger partial charge in [-0.2, -0.15) is 0 Å². The fraction of sp³-hybridized carbons (Fsp3) is 0.533. The lowest BCUT2D eigenvalue weighted by atomic mass is 10.0. The zero-order valence-electron chi connectivity index (χ0n) is 12.0. The lowest BCUT2D eigenvalue weighted by molar-refractivity contribution is -0.153. The lowest BCUT2D eigenvalue weighted by Crippen LogP contribution is -2.30. The minimum atomic E-state index is -0.422. The van der Waals surface area contributed by atoms with E-state index in [1.807, 2.05) is 31.2 Å². The minimum absolute atomic E-state index is 0.422. The second-order valence-corrected chi connectivity index (χ2v) is 5.62. The number of benzene rings is 1.